The summed E-state index contributed by atoms with van der Waals surface area (Å²) in [4.78, 5) is 45.5. The molecule has 0 spiro atoms. The highest BCUT2D eigenvalue weighted by atomic mass is 32.1. The summed E-state index contributed by atoms with van der Waals surface area (Å²) < 4.78 is 0. The van der Waals surface area contributed by atoms with Gasteiger partial charge in [0, 0.05) is 46.8 Å². The van der Waals surface area contributed by atoms with E-state index in [1.165, 1.54) is 11.3 Å². The molecule has 0 N–H and O–H groups in total. The number of hydrogen-bond donors (Lipinski definition) is 0. The summed E-state index contributed by atoms with van der Waals surface area (Å²) in [6.45, 7) is 2.75. The van der Waals surface area contributed by atoms with Gasteiger partial charge in [0.1, 0.15) is 6.04 Å². The maximum atomic E-state index is 13.1. The fourth-order valence-corrected chi connectivity index (χ4v) is 4.26. The molecular weight excluding hydrogens is 352 g/mol. The largest absolute Gasteiger partial charge is 0.337 e. The van der Waals surface area contributed by atoms with E-state index >= 15 is 0 Å². The van der Waals surface area contributed by atoms with E-state index in [-0.39, 0.29) is 23.9 Å². The van der Waals surface area contributed by atoms with E-state index in [1.54, 1.807) is 28.8 Å². The summed E-state index contributed by atoms with van der Waals surface area (Å²) in [7, 11) is 3.46. The minimum Gasteiger partial charge on any atom is -0.337 e. The Kier molecular flexibility index (Phi) is 5.80. The van der Waals surface area contributed by atoms with Crippen LogP contribution in [0.1, 0.15) is 28.9 Å². The van der Waals surface area contributed by atoms with E-state index in [1.807, 2.05) is 22.4 Å². The molecule has 4 amide bonds. The van der Waals surface area contributed by atoms with E-state index in [4.69, 9.17) is 0 Å². The number of nitrogens with zero attached hydrogens (tertiary/aromatic N) is 4. The third-order valence-electron chi connectivity index (χ3n) is 5.03. The third-order valence-corrected chi connectivity index (χ3v) is 5.88. The van der Waals surface area contributed by atoms with Gasteiger partial charge in [-0.2, -0.15) is 0 Å². The first-order chi connectivity index (χ1) is 12.5. The lowest BCUT2D eigenvalue weighted by atomic mass is 10.00. The lowest BCUT2D eigenvalue weighted by molar-refractivity contribution is -0.138. The van der Waals surface area contributed by atoms with Crippen LogP contribution in [-0.4, -0.2) is 90.3 Å². The van der Waals surface area contributed by atoms with Gasteiger partial charge in [0.2, 0.25) is 5.91 Å². The Balaban J connectivity index is 1.64. The van der Waals surface area contributed by atoms with Gasteiger partial charge in [0.05, 0.1) is 4.88 Å². The molecule has 2 fully saturated rings. The number of carbonyl (C=O) groups excluding carboxylic acids is 3. The molecule has 2 saturated heterocycles. The molecule has 142 valence electrons. The standard InChI is InChI=1S/C18H26N4O3S/c1-19(2)18(25)21-11-9-20(10-12-21)16(23)14-6-3-4-8-22(14)17(24)15-7-5-13-26-15/h5,7,13-14H,3-4,6,8-12H2,1-2H3. The molecule has 0 aliphatic carbocycles. The number of amides is 4. The number of piperidine rings is 1. The first kappa shape index (κ1) is 18.7. The molecule has 7 nitrogen and oxygen atoms in total. The molecule has 1 aromatic heterocycles. The Labute approximate surface area is 158 Å². The zero-order valence-electron chi connectivity index (χ0n) is 15.4. The number of rotatable bonds is 2. The van der Waals surface area contributed by atoms with E-state index in [0.29, 0.717) is 44.0 Å². The molecule has 2 aliphatic rings. The molecule has 3 rings (SSSR count). The minimum absolute atomic E-state index is 0.0200. The van der Waals surface area contributed by atoms with Crippen molar-refractivity contribution in [2.24, 2.45) is 0 Å². The maximum absolute atomic E-state index is 13.1. The first-order valence-corrected chi connectivity index (χ1v) is 9.96. The molecular formula is C18H26N4O3S. The van der Waals surface area contributed by atoms with E-state index in [0.717, 1.165) is 12.8 Å². The first-order valence-electron chi connectivity index (χ1n) is 9.08. The van der Waals surface area contributed by atoms with Crippen molar-refractivity contribution < 1.29 is 14.4 Å². The molecule has 2 aliphatic heterocycles. The summed E-state index contributed by atoms with van der Waals surface area (Å²) >= 11 is 1.42. The highest BCUT2D eigenvalue weighted by Gasteiger charge is 2.36. The second-order valence-electron chi connectivity index (χ2n) is 6.98. The molecule has 0 saturated carbocycles. The molecule has 1 unspecified atom stereocenters. The molecule has 1 aromatic rings. The number of likely N-dealkylation sites (tertiary alicyclic amines) is 1. The van der Waals surface area contributed by atoms with Crippen LogP contribution in [0.3, 0.4) is 0 Å². The summed E-state index contributed by atoms with van der Waals surface area (Å²) in [5.41, 5.74) is 0. The Morgan fingerprint density at radius 2 is 1.73 bits per heavy atom. The van der Waals surface area contributed by atoms with Crippen LogP contribution < -0.4 is 0 Å². The van der Waals surface area contributed by atoms with E-state index in [2.05, 4.69) is 0 Å². The fourth-order valence-electron chi connectivity index (χ4n) is 3.58. The predicted octanol–water partition coefficient (Wildman–Crippen LogP) is 1.57. The maximum Gasteiger partial charge on any atom is 0.319 e. The second kappa shape index (κ2) is 8.07. The number of hydrogen-bond acceptors (Lipinski definition) is 4. The molecule has 3 heterocycles. The Hall–Kier alpha value is -2.09. The third kappa shape index (κ3) is 3.85. The fraction of sp³-hybridized carbons (Fsp3) is 0.611. The highest BCUT2D eigenvalue weighted by Crippen LogP contribution is 2.23. The zero-order valence-corrected chi connectivity index (χ0v) is 16.2. The SMILES string of the molecule is CN(C)C(=O)N1CCN(C(=O)C2CCCCN2C(=O)c2cccs2)CC1. The van der Waals surface area contributed by atoms with Gasteiger partial charge in [0.15, 0.2) is 0 Å². The van der Waals surface area contributed by atoms with Crippen LogP contribution in [0.2, 0.25) is 0 Å². The average molecular weight is 378 g/mol. The van der Waals surface area contributed by atoms with Gasteiger partial charge in [-0.15, -0.1) is 11.3 Å². The Bertz CT molecular complexity index is 653. The van der Waals surface area contributed by atoms with Crippen molar-refractivity contribution in [3.63, 3.8) is 0 Å². The van der Waals surface area contributed by atoms with Gasteiger partial charge < -0.3 is 19.6 Å². The van der Waals surface area contributed by atoms with Crippen LogP contribution in [0.4, 0.5) is 4.79 Å². The number of carbonyl (C=O) groups is 3. The smallest absolute Gasteiger partial charge is 0.319 e. The number of piperazine rings is 1. The van der Waals surface area contributed by atoms with Crippen molar-refractivity contribution >= 4 is 29.2 Å². The van der Waals surface area contributed by atoms with Crippen molar-refractivity contribution in [3.8, 4) is 0 Å². The Morgan fingerprint density at radius 1 is 1.04 bits per heavy atom. The average Bonchev–Trinajstić information content (AvgIpc) is 3.21. The molecule has 0 aromatic carbocycles. The van der Waals surface area contributed by atoms with E-state index in [9.17, 15) is 14.4 Å². The summed E-state index contributed by atoms with van der Waals surface area (Å²) in [5.74, 6) is -0.0222. The second-order valence-corrected chi connectivity index (χ2v) is 7.92. The van der Waals surface area contributed by atoms with Gasteiger partial charge in [-0.1, -0.05) is 6.07 Å². The van der Waals surface area contributed by atoms with Crippen LogP contribution >= 0.6 is 11.3 Å². The van der Waals surface area contributed by atoms with Crippen molar-refractivity contribution in [2.75, 3.05) is 46.8 Å². The monoisotopic (exact) mass is 378 g/mol. The summed E-state index contributed by atoms with van der Waals surface area (Å²) in [5, 5.41) is 1.88. The summed E-state index contributed by atoms with van der Waals surface area (Å²) in [6, 6.07) is 3.27. The van der Waals surface area contributed by atoms with Crippen LogP contribution in [-0.2, 0) is 4.79 Å². The van der Waals surface area contributed by atoms with Crippen LogP contribution in [0.5, 0.6) is 0 Å². The van der Waals surface area contributed by atoms with Crippen LogP contribution in [0.25, 0.3) is 0 Å². The lowest BCUT2D eigenvalue weighted by Crippen LogP contribution is -2.58. The number of thiophene rings is 1. The normalized spacial score (nSPS) is 20.8. The predicted molar refractivity (Wildman–Crippen MR) is 100 cm³/mol. The highest BCUT2D eigenvalue weighted by molar-refractivity contribution is 7.12. The van der Waals surface area contributed by atoms with Gasteiger partial charge >= 0.3 is 6.03 Å². The topological polar surface area (TPSA) is 64.2 Å². The molecule has 0 radical (unpaired) electrons. The van der Waals surface area contributed by atoms with Crippen molar-refractivity contribution in [1.82, 2.24) is 19.6 Å². The molecule has 0 bridgehead atoms. The zero-order chi connectivity index (χ0) is 18.7. The van der Waals surface area contributed by atoms with E-state index < -0.39 is 0 Å². The van der Waals surface area contributed by atoms with Crippen molar-refractivity contribution in [2.45, 2.75) is 25.3 Å². The van der Waals surface area contributed by atoms with Crippen molar-refractivity contribution in [1.29, 1.82) is 0 Å². The van der Waals surface area contributed by atoms with Gasteiger partial charge in [-0.3, -0.25) is 9.59 Å². The van der Waals surface area contributed by atoms with Crippen molar-refractivity contribution in [3.05, 3.63) is 22.4 Å². The molecule has 1 atom stereocenters. The number of urea groups is 1. The quantitative estimate of drug-likeness (QED) is 0.785. The van der Waals surface area contributed by atoms with Crippen LogP contribution in [0.15, 0.2) is 17.5 Å². The van der Waals surface area contributed by atoms with Gasteiger partial charge in [0.25, 0.3) is 5.91 Å². The Morgan fingerprint density at radius 3 is 2.35 bits per heavy atom. The van der Waals surface area contributed by atoms with Gasteiger partial charge in [-0.05, 0) is 30.7 Å². The minimum atomic E-state index is -0.380. The molecule has 26 heavy (non-hydrogen) atoms. The molecule has 8 heteroatoms. The summed E-state index contributed by atoms with van der Waals surface area (Å²) in [6.07, 6.45) is 2.61. The van der Waals surface area contributed by atoms with Crippen LogP contribution in [0, 0.1) is 0 Å². The lowest BCUT2D eigenvalue weighted by Gasteiger charge is -2.41. The van der Waals surface area contributed by atoms with Gasteiger partial charge in [-0.25, -0.2) is 4.79 Å².